The molecule has 0 fully saturated rings. The van der Waals surface area contributed by atoms with Crippen LogP contribution in [0.4, 0.5) is 4.39 Å². The summed E-state index contributed by atoms with van der Waals surface area (Å²) >= 11 is 7.32. The lowest BCUT2D eigenvalue weighted by Crippen LogP contribution is -2.29. The summed E-state index contributed by atoms with van der Waals surface area (Å²) in [6, 6.07) is 0. The fourth-order valence-corrected chi connectivity index (χ4v) is 4.13. The lowest BCUT2D eigenvalue weighted by atomic mass is 10.1. The van der Waals surface area contributed by atoms with E-state index in [9.17, 15) is 12.8 Å². The maximum atomic E-state index is 13.0. The molecular formula is C12H14ClFN2O2S2. The molecule has 8 heteroatoms. The highest BCUT2D eigenvalue weighted by Crippen LogP contribution is 2.39. The molecule has 0 aromatic carbocycles. The van der Waals surface area contributed by atoms with Gasteiger partial charge in [-0.3, -0.25) is 0 Å². The van der Waals surface area contributed by atoms with Gasteiger partial charge in [0.25, 0.3) is 0 Å². The topological polar surface area (TPSA) is 86.2 Å². The molecule has 2 aliphatic carbocycles. The molecular weight excluding hydrogens is 323 g/mol. The minimum absolute atomic E-state index is 0.173. The minimum Gasteiger partial charge on any atom is -0.398 e. The number of nitrogens with two attached hydrogens (primary N) is 2. The van der Waals surface area contributed by atoms with Crippen LogP contribution in [-0.4, -0.2) is 18.9 Å². The van der Waals surface area contributed by atoms with E-state index in [2.05, 4.69) is 0 Å². The first kappa shape index (κ1) is 15.6. The summed E-state index contributed by atoms with van der Waals surface area (Å²) in [5.41, 5.74) is 6.35. The average molecular weight is 337 g/mol. The second-order valence-corrected chi connectivity index (χ2v) is 7.98. The summed E-state index contributed by atoms with van der Waals surface area (Å²) in [7, 11) is -3.65. The van der Waals surface area contributed by atoms with Crippen LogP contribution in [0, 0.1) is 0 Å². The Morgan fingerprint density at radius 1 is 1.35 bits per heavy atom. The number of thioether (sulfide) groups is 1. The van der Waals surface area contributed by atoms with Gasteiger partial charge in [0.05, 0.1) is 5.25 Å². The number of sulfonamides is 1. The Kier molecular flexibility index (Phi) is 4.63. The second-order valence-electron chi connectivity index (χ2n) is 4.51. The molecule has 4 N–H and O–H groups in total. The Balaban J connectivity index is 2.18. The van der Waals surface area contributed by atoms with E-state index in [1.54, 1.807) is 6.08 Å². The number of primary sulfonamides is 1. The molecule has 2 aliphatic rings. The van der Waals surface area contributed by atoms with Gasteiger partial charge < -0.3 is 5.73 Å². The molecule has 4 nitrogen and oxygen atoms in total. The molecule has 2 rings (SSSR count). The van der Waals surface area contributed by atoms with Gasteiger partial charge in [-0.25, -0.2) is 17.9 Å². The minimum atomic E-state index is -3.65. The van der Waals surface area contributed by atoms with E-state index < -0.39 is 15.3 Å². The standard InChI is InChI=1S/C12H14ClFN2O2S2/c13-9-5-7(14)1-4-11(9)19-12-6-8(20(16,17)18)2-3-10(12)15/h1,3,5-6,8,11H,2,4,15H2,(H2,16,17,18). The first-order valence-corrected chi connectivity index (χ1v) is 8.73. The zero-order valence-electron chi connectivity index (χ0n) is 10.4. The van der Waals surface area contributed by atoms with Crippen LogP contribution in [0.5, 0.6) is 0 Å². The fourth-order valence-electron chi connectivity index (χ4n) is 1.89. The Labute approximate surface area is 126 Å². The number of hydrogen-bond acceptors (Lipinski definition) is 4. The third-order valence-corrected chi connectivity index (χ3v) is 6.02. The molecule has 0 radical (unpaired) electrons. The molecule has 0 spiro atoms. The maximum Gasteiger partial charge on any atom is 0.215 e. The molecule has 110 valence electrons. The van der Waals surface area contributed by atoms with Crippen molar-refractivity contribution in [3.8, 4) is 0 Å². The molecule has 0 heterocycles. The van der Waals surface area contributed by atoms with Gasteiger partial charge in [0.2, 0.25) is 10.0 Å². The lowest BCUT2D eigenvalue weighted by molar-refractivity contribution is 0.589. The fraction of sp³-hybridized carbons (Fsp3) is 0.333. The van der Waals surface area contributed by atoms with Crippen molar-refractivity contribution in [2.24, 2.45) is 10.9 Å². The number of halogens is 2. The van der Waals surface area contributed by atoms with Crippen LogP contribution >= 0.6 is 23.4 Å². The van der Waals surface area contributed by atoms with Crippen LogP contribution in [0.1, 0.15) is 12.8 Å². The largest absolute Gasteiger partial charge is 0.398 e. The molecule has 20 heavy (non-hydrogen) atoms. The van der Waals surface area contributed by atoms with Crippen LogP contribution < -0.4 is 10.9 Å². The van der Waals surface area contributed by atoms with Crippen molar-refractivity contribution in [1.82, 2.24) is 0 Å². The highest BCUT2D eigenvalue weighted by atomic mass is 35.5. The molecule has 0 amide bonds. The first-order chi connectivity index (χ1) is 9.27. The summed E-state index contributed by atoms with van der Waals surface area (Å²) in [4.78, 5) is 0.613. The van der Waals surface area contributed by atoms with Crippen molar-refractivity contribution < 1.29 is 12.8 Å². The van der Waals surface area contributed by atoms with Crippen molar-refractivity contribution in [1.29, 1.82) is 0 Å². The Bertz CT molecular complexity index is 638. The van der Waals surface area contributed by atoms with Crippen LogP contribution in [0.2, 0.25) is 0 Å². The average Bonchev–Trinajstić information content (AvgIpc) is 2.33. The summed E-state index contributed by atoms with van der Waals surface area (Å²) in [6.07, 6.45) is 6.55. The van der Waals surface area contributed by atoms with Crippen LogP contribution in [-0.2, 0) is 10.0 Å². The molecule has 0 aromatic heterocycles. The van der Waals surface area contributed by atoms with Gasteiger partial charge in [0.1, 0.15) is 5.83 Å². The van der Waals surface area contributed by atoms with Crippen molar-refractivity contribution in [3.63, 3.8) is 0 Å². The van der Waals surface area contributed by atoms with Gasteiger partial charge in [-0.15, -0.1) is 11.8 Å². The van der Waals surface area contributed by atoms with Crippen LogP contribution in [0.3, 0.4) is 0 Å². The van der Waals surface area contributed by atoms with E-state index in [4.69, 9.17) is 22.5 Å². The van der Waals surface area contributed by atoms with Gasteiger partial charge in [-0.05, 0) is 31.1 Å². The molecule has 0 aliphatic heterocycles. The Hall–Kier alpha value is -0.760. The molecule has 0 bridgehead atoms. The summed E-state index contributed by atoms with van der Waals surface area (Å²) in [5, 5.41) is 4.57. The molecule has 0 saturated carbocycles. The molecule has 2 unspecified atom stereocenters. The zero-order chi connectivity index (χ0) is 14.9. The number of hydrogen-bond donors (Lipinski definition) is 2. The monoisotopic (exact) mass is 336 g/mol. The quantitative estimate of drug-likeness (QED) is 0.827. The molecule has 2 atom stereocenters. The van der Waals surface area contributed by atoms with Gasteiger partial charge in [-0.2, -0.15) is 0 Å². The Morgan fingerprint density at radius 3 is 2.65 bits per heavy atom. The smallest absolute Gasteiger partial charge is 0.215 e. The van der Waals surface area contributed by atoms with E-state index in [1.807, 2.05) is 0 Å². The van der Waals surface area contributed by atoms with E-state index in [0.717, 1.165) is 0 Å². The molecule has 0 saturated heterocycles. The maximum absolute atomic E-state index is 13.0. The van der Waals surface area contributed by atoms with E-state index in [0.29, 0.717) is 22.1 Å². The normalized spacial score (nSPS) is 27.4. The van der Waals surface area contributed by atoms with Gasteiger partial charge in [0.15, 0.2) is 0 Å². The van der Waals surface area contributed by atoms with Crippen LogP contribution in [0.15, 0.2) is 45.8 Å². The predicted molar refractivity (Wildman–Crippen MR) is 81.0 cm³/mol. The lowest BCUT2D eigenvalue weighted by Gasteiger charge is -2.23. The van der Waals surface area contributed by atoms with Crippen LogP contribution in [0.25, 0.3) is 0 Å². The van der Waals surface area contributed by atoms with E-state index in [-0.39, 0.29) is 17.5 Å². The van der Waals surface area contributed by atoms with Crippen molar-refractivity contribution in [2.75, 3.05) is 0 Å². The van der Waals surface area contributed by atoms with E-state index in [1.165, 1.54) is 30.0 Å². The summed E-state index contributed by atoms with van der Waals surface area (Å²) in [5.74, 6) is -0.365. The summed E-state index contributed by atoms with van der Waals surface area (Å²) in [6.45, 7) is 0. The third kappa shape index (κ3) is 3.66. The highest BCUT2D eigenvalue weighted by molar-refractivity contribution is 8.04. The van der Waals surface area contributed by atoms with Crippen molar-refractivity contribution in [2.45, 2.75) is 23.3 Å². The SMILES string of the molecule is NC1=CCC(S(N)(=O)=O)C=C1SC1CC=C(F)C=C1Cl. The number of rotatable bonds is 3. The van der Waals surface area contributed by atoms with Gasteiger partial charge >= 0.3 is 0 Å². The van der Waals surface area contributed by atoms with Gasteiger partial charge in [0, 0.05) is 20.9 Å². The van der Waals surface area contributed by atoms with Crippen molar-refractivity contribution >= 4 is 33.4 Å². The highest BCUT2D eigenvalue weighted by Gasteiger charge is 2.26. The molecule has 0 aromatic rings. The predicted octanol–water partition coefficient (Wildman–Crippen LogP) is 2.26. The first-order valence-electron chi connectivity index (χ1n) is 5.86. The zero-order valence-corrected chi connectivity index (χ0v) is 12.8. The third-order valence-electron chi connectivity index (χ3n) is 2.99. The Morgan fingerprint density at radius 2 is 2.05 bits per heavy atom. The van der Waals surface area contributed by atoms with Crippen molar-refractivity contribution in [3.05, 3.63) is 45.8 Å². The summed E-state index contributed by atoms with van der Waals surface area (Å²) < 4.78 is 35.8. The van der Waals surface area contributed by atoms with Gasteiger partial charge in [-0.1, -0.05) is 17.7 Å². The second kappa shape index (κ2) is 5.93. The van der Waals surface area contributed by atoms with E-state index >= 15 is 0 Å². The number of allylic oxidation sites excluding steroid dienone is 4.